The van der Waals surface area contributed by atoms with E-state index in [9.17, 15) is 19.6 Å². The number of hydrogen-bond acceptors (Lipinski definition) is 6. The summed E-state index contributed by atoms with van der Waals surface area (Å²) in [6.07, 6.45) is 0.255. The maximum Gasteiger partial charge on any atom is 0.338 e. The minimum atomic E-state index is -0.686. The summed E-state index contributed by atoms with van der Waals surface area (Å²) in [6, 6.07) is 22.1. The highest BCUT2D eigenvalue weighted by Crippen LogP contribution is 2.43. The highest BCUT2D eigenvalue weighted by atomic mass is 35.5. The molecule has 0 radical (unpaired) electrons. The van der Waals surface area contributed by atoms with E-state index in [1.54, 1.807) is 49.4 Å². The molecule has 0 aliphatic carbocycles. The van der Waals surface area contributed by atoms with Gasteiger partial charge in [0.1, 0.15) is 16.7 Å². The molecule has 1 atom stereocenters. The SMILES string of the molecule is CCOC(=O)c1ccc(NC(=O)/C(C#N)=C2\SC(Cc3cccc(Cl)c3Cl)C(=O)N2c2ccccc2)cc1. The molecule has 3 aromatic rings. The zero-order valence-corrected chi connectivity index (χ0v) is 22.4. The second-order valence-electron chi connectivity index (χ2n) is 8.08. The Hall–Kier alpha value is -3.77. The molecule has 0 aromatic heterocycles. The van der Waals surface area contributed by atoms with Crippen molar-refractivity contribution in [3.05, 3.63) is 105 Å². The van der Waals surface area contributed by atoms with E-state index in [2.05, 4.69) is 5.32 Å². The van der Waals surface area contributed by atoms with Crippen molar-refractivity contribution in [1.82, 2.24) is 0 Å². The van der Waals surface area contributed by atoms with E-state index >= 15 is 0 Å². The molecule has 2 amide bonds. The molecule has 3 aromatic carbocycles. The van der Waals surface area contributed by atoms with Crippen molar-refractivity contribution in [3.8, 4) is 6.07 Å². The fraction of sp³-hybridized carbons (Fsp3) is 0.143. The Kier molecular flexibility index (Phi) is 8.74. The highest BCUT2D eigenvalue weighted by Gasteiger charge is 2.41. The number of hydrogen-bond donors (Lipinski definition) is 1. The molecular formula is C28H21Cl2N3O4S. The smallest absolute Gasteiger partial charge is 0.338 e. The van der Waals surface area contributed by atoms with Gasteiger partial charge in [-0.05, 0) is 61.4 Å². The number of thioether (sulfide) groups is 1. The van der Waals surface area contributed by atoms with Crippen molar-refractivity contribution in [3.63, 3.8) is 0 Å². The Morgan fingerprint density at radius 3 is 2.42 bits per heavy atom. The van der Waals surface area contributed by atoms with Gasteiger partial charge in [0.2, 0.25) is 5.91 Å². The number of nitrogens with zero attached hydrogens (tertiary/aromatic N) is 2. The van der Waals surface area contributed by atoms with E-state index in [4.69, 9.17) is 27.9 Å². The number of carbonyl (C=O) groups excluding carboxylic acids is 3. The van der Waals surface area contributed by atoms with Crippen LogP contribution in [0.3, 0.4) is 0 Å². The van der Waals surface area contributed by atoms with Gasteiger partial charge >= 0.3 is 5.97 Å². The molecule has 7 nitrogen and oxygen atoms in total. The summed E-state index contributed by atoms with van der Waals surface area (Å²) in [6.45, 7) is 1.96. The molecule has 1 aliphatic rings. The first-order valence-electron chi connectivity index (χ1n) is 11.6. The standard InChI is InChI=1S/C28H21Cl2N3O4S/c1-2-37-28(36)17-11-13-19(14-12-17)32-25(34)21(16-31)27-33(20-8-4-3-5-9-20)26(35)23(38-27)15-18-7-6-10-22(29)24(18)30/h3-14,23H,2,15H2,1H3,(H,32,34)/b27-21-. The summed E-state index contributed by atoms with van der Waals surface area (Å²) in [5.41, 5.74) is 1.70. The topological polar surface area (TPSA) is 99.5 Å². The summed E-state index contributed by atoms with van der Waals surface area (Å²) in [5.74, 6) is -1.45. The molecule has 1 unspecified atom stereocenters. The third-order valence-electron chi connectivity index (χ3n) is 5.61. The van der Waals surface area contributed by atoms with Crippen molar-refractivity contribution < 1.29 is 19.1 Å². The predicted octanol–water partition coefficient (Wildman–Crippen LogP) is 6.24. The van der Waals surface area contributed by atoms with Gasteiger partial charge in [0.05, 0.1) is 27.5 Å². The molecular weight excluding hydrogens is 545 g/mol. The second-order valence-corrected chi connectivity index (χ2v) is 10.1. The van der Waals surface area contributed by atoms with Crippen LogP contribution in [0.2, 0.25) is 10.0 Å². The highest BCUT2D eigenvalue weighted by molar-refractivity contribution is 8.05. The van der Waals surface area contributed by atoms with Crippen LogP contribution >= 0.6 is 35.0 Å². The largest absolute Gasteiger partial charge is 0.462 e. The Morgan fingerprint density at radius 2 is 1.76 bits per heavy atom. The number of anilines is 2. The number of benzene rings is 3. The molecule has 4 rings (SSSR count). The minimum Gasteiger partial charge on any atom is -0.462 e. The summed E-state index contributed by atoms with van der Waals surface area (Å²) in [4.78, 5) is 40.1. The Balaban J connectivity index is 1.66. The molecule has 1 aliphatic heterocycles. The van der Waals surface area contributed by atoms with E-state index < -0.39 is 17.1 Å². The van der Waals surface area contributed by atoms with E-state index in [0.29, 0.717) is 32.5 Å². The van der Waals surface area contributed by atoms with Crippen molar-refractivity contribution in [2.45, 2.75) is 18.6 Å². The number of rotatable bonds is 7. The molecule has 1 heterocycles. The lowest BCUT2D eigenvalue weighted by molar-refractivity contribution is -0.117. The summed E-state index contributed by atoms with van der Waals surface area (Å²) >= 11 is 13.6. The van der Waals surface area contributed by atoms with Crippen LogP contribution in [0.4, 0.5) is 11.4 Å². The third kappa shape index (κ3) is 5.86. The maximum atomic E-state index is 13.6. The lowest BCUT2D eigenvalue weighted by atomic mass is 10.1. The fourth-order valence-electron chi connectivity index (χ4n) is 3.80. The average molecular weight is 566 g/mol. The third-order valence-corrected chi connectivity index (χ3v) is 7.73. The monoisotopic (exact) mass is 565 g/mol. The molecule has 192 valence electrons. The Labute approximate surface area is 234 Å². The molecule has 10 heteroatoms. The molecule has 1 saturated heterocycles. The zero-order chi connectivity index (χ0) is 27.2. The number of para-hydroxylation sites is 1. The van der Waals surface area contributed by atoms with Crippen LogP contribution in [-0.4, -0.2) is 29.6 Å². The fourth-order valence-corrected chi connectivity index (χ4v) is 5.50. The van der Waals surface area contributed by atoms with E-state index in [-0.39, 0.29) is 29.5 Å². The lowest BCUT2D eigenvalue weighted by Crippen LogP contribution is -2.31. The molecule has 0 bridgehead atoms. The first-order valence-corrected chi connectivity index (χ1v) is 13.2. The van der Waals surface area contributed by atoms with Crippen LogP contribution in [-0.2, 0) is 20.7 Å². The van der Waals surface area contributed by atoms with Crippen molar-refractivity contribution in [1.29, 1.82) is 5.26 Å². The lowest BCUT2D eigenvalue weighted by Gasteiger charge is -2.18. The van der Waals surface area contributed by atoms with Gasteiger partial charge in [0.15, 0.2) is 0 Å². The molecule has 38 heavy (non-hydrogen) atoms. The van der Waals surface area contributed by atoms with Gasteiger partial charge in [0.25, 0.3) is 5.91 Å². The number of carbonyl (C=O) groups is 3. The number of esters is 1. The van der Waals surface area contributed by atoms with E-state index in [1.165, 1.54) is 29.2 Å². The van der Waals surface area contributed by atoms with Crippen LogP contribution in [0.25, 0.3) is 0 Å². The van der Waals surface area contributed by atoms with Gasteiger partial charge in [-0.25, -0.2) is 4.79 Å². The van der Waals surface area contributed by atoms with E-state index in [1.807, 2.05) is 12.1 Å². The number of nitriles is 1. The van der Waals surface area contributed by atoms with Gasteiger partial charge in [0, 0.05) is 11.4 Å². The van der Waals surface area contributed by atoms with Crippen LogP contribution in [0.1, 0.15) is 22.8 Å². The van der Waals surface area contributed by atoms with Crippen LogP contribution in [0.5, 0.6) is 0 Å². The second kappa shape index (κ2) is 12.2. The van der Waals surface area contributed by atoms with Crippen molar-refractivity contribution in [2.75, 3.05) is 16.8 Å². The Bertz CT molecular complexity index is 1450. The summed E-state index contributed by atoms with van der Waals surface area (Å²) in [5, 5.41) is 13.0. The van der Waals surface area contributed by atoms with Crippen LogP contribution in [0, 0.1) is 11.3 Å². The van der Waals surface area contributed by atoms with Gasteiger partial charge in [-0.3, -0.25) is 14.5 Å². The van der Waals surface area contributed by atoms with Gasteiger partial charge in [-0.15, -0.1) is 0 Å². The van der Waals surface area contributed by atoms with Crippen molar-refractivity contribution in [2.24, 2.45) is 0 Å². The molecule has 1 fully saturated rings. The number of halogens is 2. The van der Waals surface area contributed by atoms with E-state index in [0.717, 1.165) is 11.8 Å². The van der Waals surface area contributed by atoms with Gasteiger partial charge < -0.3 is 10.1 Å². The number of ether oxygens (including phenoxy) is 1. The van der Waals surface area contributed by atoms with Gasteiger partial charge in [-0.1, -0.05) is 65.3 Å². The Morgan fingerprint density at radius 1 is 1.05 bits per heavy atom. The van der Waals surface area contributed by atoms with Crippen LogP contribution in [0.15, 0.2) is 83.4 Å². The number of nitrogens with one attached hydrogen (secondary N) is 1. The average Bonchev–Trinajstić information content (AvgIpc) is 3.23. The first-order chi connectivity index (χ1) is 18.3. The minimum absolute atomic E-state index is 0.215. The van der Waals surface area contributed by atoms with Crippen molar-refractivity contribution >= 4 is 64.1 Å². The zero-order valence-electron chi connectivity index (χ0n) is 20.1. The molecule has 0 spiro atoms. The quantitative estimate of drug-likeness (QED) is 0.207. The predicted molar refractivity (Wildman–Crippen MR) is 149 cm³/mol. The molecule has 1 N–H and O–H groups in total. The summed E-state index contributed by atoms with van der Waals surface area (Å²) < 4.78 is 4.97. The number of amides is 2. The maximum absolute atomic E-state index is 13.6. The summed E-state index contributed by atoms with van der Waals surface area (Å²) in [7, 11) is 0. The molecule has 0 saturated carbocycles. The van der Waals surface area contributed by atoms with Gasteiger partial charge in [-0.2, -0.15) is 5.26 Å². The first kappa shape index (κ1) is 27.3. The van der Waals surface area contributed by atoms with Crippen LogP contribution < -0.4 is 10.2 Å². The normalized spacial score (nSPS) is 16.1.